The summed E-state index contributed by atoms with van der Waals surface area (Å²) >= 11 is 0. The molecule has 2 N–H and O–H groups in total. The number of piperidine rings is 1. The molecule has 8 heteroatoms. The number of carboxylic acids is 1. The molecule has 0 unspecified atom stereocenters. The van der Waals surface area contributed by atoms with Crippen LogP contribution in [0, 0.1) is 5.92 Å². The van der Waals surface area contributed by atoms with Gasteiger partial charge >= 0.3 is 12.0 Å². The van der Waals surface area contributed by atoms with Crippen LogP contribution >= 0.6 is 0 Å². The molecule has 1 aromatic heterocycles. The van der Waals surface area contributed by atoms with Gasteiger partial charge in [-0.3, -0.25) is 9.48 Å². The van der Waals surface area contributed by atoms with E-state index in [9.17, 15) is 9.59 Å². The van der Waals surface area contributed by atoms with Crippen molar-refractivity contribution in [1.82, 2.24) is 25.0 Å². The van der Waals surface area contributed by atoms with E-state index in [1.165, 1.54) is 0 Å². The third-order valence-electron chi connectivity index (χ3n) is 3.33. The number of urea groups is 1. The van der Waals surface area contributed by atoms with E-state index in [1.807, 2.05) is 0 Å². The number of nitrogens with one attached hydrogen (secondary N) is 1. The molecule has 0 spiro atoms. The second kappa shape index (κ2) is 6.36. The number of hydrogen-bond acceptors (Lipinski definition) is 4. The smallest absolute Gasteiger partial charge is 0.317 e. The monoisotopic (exact) mass is 281 g/mol. The van der Waals surface area contributed by atoms with Crippen LogP contribution in [0.3, 0.4) is 0 Å². The first kappa shape index (κ1) is 14.3. The fraction of sp³-hybridized carbons (Fsp3) is 0.667. The topological polar surface area (TPSA) is 100 Å². The Morgan fingerprint density at radius 3 is 3.00 bits per heavy atom. The summed E-state index contributed by atoms with van der Waals surface area (Å²) in [7, 11) is 1.79. The van der Waals surface area contributed by atoms with Gasteiger partial charge in [0, 0.05) is 33.1 Å². The molecule has 0 aromatic carbocycles. The number of carboxylic acid groups (broad SMARTS) is 1. The molecule has 20 heavy (non-hydrogen) atoms. The summed E-state index contributed by atoms with van der Waals surface area (Å²) in [6.07, 6.45) is 3.53. The van der Waals surface area contributed by atoms with Crippen LogP contribution in [-0.4, -0.2) is 56.4 Å². The maximum absolute atomic E-state index is 11.9. The first-order chi connectivity index (χ1) is 9.56. The number of hydrogen-bond donors (Lipinski definition) is 2. The molecule has 1 aromatic rings. The highest BCUT2D eigenvalue weighted by Gasteiger charge is 2.27. The van der Waals surface area contributed by atoms with E-state index in [0.717, 1.165) is 6.42 Å². The SMILES string of the molecule is Cn1cnc(CCNC(=O)N2CCC[C@H](C(=O)O)C2)n1. The molecule has 0 aliphatic carbocycles. The zero-order valence-electron chi connectivity index (χ0n) is 11.4. The van der Waals surface area contributed by atoms with Gasteiger partial charge in [0.05, 0.1) is 5.92 Å². The molecule has 110 valence electrons. The minimum absolute atomic E-state index is 0.216. The summed E-state index contributed by atoms with van der Waals surface area (Å²) in [5.41, 5.74) is 0. The van der Waals surface area contributed by atoms with Crippen molar-refractivity contribution in [1.29, 1.82) is 0 Å². The van der Waals surface area contributed by atoms with Gasteiger partial charge in [-0.15, -0.1) is 0 Å². The standard InChI is InChI=1S/C12H19N5O3/c1-16-8-14-10(15-16)4-5-13-12(20)17-6-2-3-9(7-17)11(18)19/h8-9H,2-7H2,1H3,(H,13,20)(H,18,19)/t9-/m0/s1. The van der Waals surface area contributed by atoms with Crippen molar-refractivity contribution in [3.8, 4) is 0 Å². The molecule has 0 bridgehead atoms. The van der Waals surface area contributed by atoms with Crippen molar-refractivity contribution in [3.63, 3.8) is 0 Å². The van der Waals surface area contributed by atoms with E-state index in [4.69, 9.17) is 5.11 Å². The highest BCUT2D eigenvalue weighted by molar-refractivity contribution is 5.76. The first-order valence-corrected chi connectivity index (χ1v) is 6.66. The zero-order chi connectivity index (χ0) is 14.5. The maximum atomic E-state index is 11.9. The molecule has 8 nitrogen and oxygen atoms in total. The van der Waals surface area contributed by atoms with Crippen LogP contribution in [0.15, 0.2) is 6.33 Å². The fourth-order valence-electron chi connectivity index (χ4n) is 2.25. The molecule has 1 fully saturated rings. The molecule has 1 aliphatic rings. The van der Waals surface area contributed by atoms with Crippen molar-refractivity contribution in [2.24, 2.45) is 13.0 Å². The van der Waals surface area contributed by atoms with Crippen LogP contribution < -0.4 is 5.32 Å². The number of aromatic nitrogens is 3. The molecule has 1 saturated heterocycles. The van der Waals surface area contributed by atoms with Gasteiger partial charge in [0.15, 0.2) is 5.82 Å². The lowest BCUT2D eigenvalue weighted by Gasteiger charge is -2.30. The van der Waals surface area contributed by atoms with Gasteiger partial charge in [0.25, 0.3) is 0 Å². The fourth-order valence-corrected chi connectivity index (χ4v) is 2.25. The van der Waals surface area contributed by atoms with Gasteiger partial charge in [-0.25, -0.2) is 9.78 Å². The highest BCUT2D eigenvalue weighted by atomic mass is 16.4. The Balaban J connectivity index is 1.75. The minimum atomic E-state index is -0.833. The van der Waals surface area contributed by atoms with Gasteiger partial charge < -0.3 is 15.3 Å². The van der Waals surface area contributed by atoms with Crippen LogP contribution in [-0.2, 0) is 18.3 Å². The number of amides is 2. The Morgan fingerprint density at radius 2 is 2.35 bits per heavy atom. The molecule has 2 heterocycles. The Morgan fingerprint density at radius 1 is 1.55 bits per heavy atom. The average Bonchev–Trinajstić information content (AvgIpc) is 2.84. The molecule has 0 radical (unpaired) electrons. The van der Waals surface area contributed by atoms with Gasteiger partial charge in [-0.05, 0) is 12.8 Å². The largest absolute Gasteiger partial charge is 0.481 e. The van der Waals surface area contributed by atoms with E-state index in [0.29, 0.717) is 31.8 Å². The van der Waals surface area contributed by atoms with Gasteiger partial charge in [-0.2, -0.15) is 5.10 Å². The van der Waals surface area contributed by atoms with Gasteiger partial charge in [0.1, 0.15) is 6.33 Å². The summed E-state index contributed by atoms with van der Waals surface area (Å²) < 4.78 is 1.61. The second-order valence-electron chi connectivity index (χ2n) is 4.94. The van der Waals surface area contributed by atoms with E-state index in [2.05, 4.69) is 15.4 Å². The average molecular weight is 281 g/mol. The predicted octanol–water partition coefficient (Wildman–Crippen LogP) is -0.136. The molecule has 1 aliphatic heterocycles. The number of carbonyl (C=O) groups excluding carboxylic acids is 1. The van der Waals surface area contributed by atoms with Crippen LogP contribution in [0.1, 0.15) is 18.7 Å². The van der Waals surface area contributed by atoms with Crippen LogP contribution in [0.5, 0.6) is 0 Å². The van der Waals surface area contributed by atoms with Crippen LogP contribution in [0.2, 0.25) is 0 Å². The lowest BCUT2D eigenvalue weighted by Crippen LogP contribution is -2.47. The summed E-state index contributed by atoms with van der Waals surface area (Å²) in [6, 6.07) is -0.216. The minimum Gasteiger partial charge on any atom is -0.481 e. The van der Waals surface area contributed by atoms with Crippen molar-refractivity contribution in [2.75, 3.05) is 19.6 Å². The quantitative estimate of drug-likeness (QED) is 0.800. The molecule has 0 saturated carbocycles. The molecular weight excluding hydrogens is 262 g/mol. The summed E-state index contributed by atoms with van der Waals surface area (Å²) in [5, 5.41) is 15.9. The highest BCUT2D eigenvalue weighted by Crippen LogP contribution is 2.16. The first-order valence-electron chi connectivity index (χ1n) is 6.66. The summed E-state index contributed by atoms with van der Waals surface area (Å²) in [4.78, 5) is 28.5. The predicted molar refractivity (Wildman–Crippen MR) is 70.0 cm³/mol. The van der Waals surface area contributed by atoms with Gasteiger partial charge in [0.2, 0.25) is 0 Å². The molecule has 2 amide bonds. The maximum Gasteiger partial charge on any atom is 0.317 e. The third-order valence-corrected chi connectivity index (χ3v) is 3.33. The van der Waals surface area contributed by atoms with E-state index >= 15 is 0 Å². The number of carbonyl (C=O) groups is 2. The Bertz CT molecular complexity index is 487. The van der Waals surface area contributed by atoms with Crippen molar-refractivity contribution < 1.29 is 14.7 Å². The van der Waals surface area contributed by atoms with Gasteiger partial charge in [-0.1, -0.05) is 0 Å². The Labute approximate surface area is 116 Å². The number of nitrogens with zero attached hydrogens (tertiary/aromatic N) is 4. The molecular formula is C12H19N5O3. The summed E-state index contributed by atoms with van der Waals surface area (Å²) in [5.74, 6) is -0.609. The van der Waals surface area contributed by atoms with E-state index in [-0.39, 0.29) is 12.6 Å². The van der Waals surface area contributed by atoms with E-state index < -0.39 is 11.9 Å². The summed E-state index contributed by atoms with van der Waals surface area (Å²) in [6.45, 7) is 1.33. The van der Waals surface area contributed by atoms with Crippen molar-refractivity contribution >= 4 is 12.0 Å². The Hall–Kier alpha value is -2.12. The normalized spacial score (nSPS) is 18.9. The van der Waals surface area contributed by atoms with E-state index in [1.54, 1.807) is 23.0 Å². The number of likely N-dealkylation sites (tertiary alicyclic amines) is 1. The number of rotatable bonds is 4. The molecule has 1 atom stereocenters. The van der Waals surface area contributed by atoms with Crippen LogP contribution in [0.4, 0.5) is 4.79 Å². The van der Waals surface area contributed by atoms with Crippen molar-refractivity contribution in [3.05, 3.63) is 12.2 Å². The van der Waals surface area contributed by atoms with Crippen molar-refractivity contribution in [2.45, 2.75) is 19.3 Å². The lowest BCUT2D eigenvalue weighted by molar-refractivity contribution is -0.143. The molecule has 2 rings (SSSR count). The number of aryl methyl sites for hydroxylation is 1. The van der Waals surface area contributed by atoms with Crippen LogP contribution in [0.25, 0.3) is 0 Å². The number of aliphatic carboxylic acids is 1. The Kier molecular flexibility index (Phi) is 4.54. The second-order valence-corrected chi connectivity index (χ2v) is 4.94. The lowest BCUT2D eigenvalue weighted by atomic mass is 9.99. The third kappa shape index (κ3) is 3.69. The zero-order valence-corrected chi connectivity index (χ0v) is 11.4.